The second-order valence-electron chi connectivity index (χ2n) is 7.34. The molecule has 9 nitrogen and oxygen atoms in total. The van der Waals surface area contributed by atoms with E-state index in [-0.39, 0.29) is 11.9 Å². The third kappa shape index (κ3) is 5.18. The zero-order chi connectivity index (χ0) is 20.0. The molecule has 1 saturated heterocycles. The van der Waals surface area contributed by atoms with Crippen LogP contribution in [0.2, 0.25) is 0 Å². The molecule has 1 aromatic rings. The summed E-state index contributed by atoms with van der Waals surface area (Å²) in [5, 5.41) is 3.02. The molecule has 0 unspecified atom stereocenters. The van der Waals surface area contributed by atoms with Crippen LogP contribution in [-0.4, -0.2) is 83.6 Å². The van der Waals surface area contributed by atoms with Crippen LogP contribution < -0.4 is 5.32 Å². The molecule has 0 atom stereocenters. The first kappa shape index (κ1) is 20.9. The van der Waals surface area contributed by atoms with Crippen molar-refractivity contribution in [3.05, 3.63) is 18.5 Å². The summed E-state index contributed by atoms with van der Waals surface area (Å²) in [5.74, 6) is 0.512. The molecule has 0 radical (unpaired) electrons. The van der Waals surface area contributed by atoms with Gasteiger partial charge in [-0.1, -0.05) is 19.3 Å². The zero-order valence-corrected chi connectivity index (χ0v) is 17.3. The lowest BCUT2D eigenvalue weighted by molar-refractivity contribution is -0.132. The molecule has 10 heteroatoms. The summed E-state index contributed by atoms with van der Waals surface area (Å²) in [7, 11) is -1.77. The van der Waals surface area contributed by atoms with Crippen molar-refractivity contribution in [2.24, 2.45) is 0 Å². The number of carbonyl (C=O) groups excluding carboxylic acids is 1. The molecule has 1 saturated carbocycles. The van der Waals surface area contributed by atoms with E-state index in [4.69, 9.17) is 0 Å². The highest BCUT2D eigenvalue weighted by Gasteiger charge is 2.35. The van der Waals surface area contributed by atoms with Gasteiger partial charge in [0.15, 0.2) is 0 Å². The highest BCUT2D eigenvalue weighted by molar-refractivity contribution is 7.86. The van der Waals surface area contributed by atoms with Gasteiger partial charge in [-0.15, -0.1) is 0 Å². The van der Waals surface area contributed by atoms with Crippen molar-refractivity contribution in [2.75, 3.05) is 45.1 Å². The van der Waals surface area contributed by atoms with Crippen molar-refractivity contribution in [1.29, 1.82) is 0 Å². The van der Waals surface area contributed by atoms with E-state index in [1.54, 1.807) is 34.7 Å². The number of aromatic nitrogens is 2. The van der Waals surface area contributed by atoms with Gasteiger partial charge in [0, 0.05) is 64.6 Å². The topological polar surface area (TPSA) is 98.7 Å². The summed E-state index contributed by atoms with van der Waals surface area (Å²) < 4.78 is 28.9. The van der Waals surface area contributed by atoms with E-state index in [9.17, 15) is 13.2 Å². The highest BCUT2D eigenvalue weighted by Crippen LogP contribution is 2.25. The van der Waals surface area contributed by atoms with Crippen LogP contribution in [-0.2, 0) is 15.0 Å². The minimum atomic E-state index is -3.46. The second kappa shape index (κ2) is 9.62. The Hall–Kier alpha value is -1.78. The van der Waals surface area contributed by atoms with Crippen molar-refractivity contribution in [3.63, 3.8) is 0 Å². The zero-order valence-electron chi connectivity index (χ0n) is 16.5. The van der Waals surface area contributed by atoms with Crippen LogP contribution in [0.15, 0.2) is 18.5 Å². The number of nitrogens with one attached hydrogen (secondary N) is 1. The first-order chi connectivity index (χ1) is 13.5. The van der Waals surface area contributed by atoms with Gasteiger partial charge in [0.05, 0.1) is 0 Å². The monoisotopic (exact) mass is 410 g/mol. The van der Waals surface area contributed by atoms with E-state index in [0.29, 0.717) is 45.1 Å². The Bertz CT molecular complexity index is 731. The summed E-state index contributed by atoms with van der Waals surface area (Å²) in [4.78, 5) is 22.2. The van der Waals surface area contributed by atoms with Crippen molar-refractivity contribution < 1.29 is 13.2 Å². The molecule has 1 N–H and O–H groups in total. The van der Waals surface area contributed by atoms with Crippen LogP contribution in [0, 0.1) is 0 Å². The van der Waals surface area contributed by atoms with Gasteiger partial charge < -0.3 is 10.2 Å². The predicted octanol–water partition coefficient (Wildman–Crippen LogP) is 0.932. The molecule has 1 aliphatic heterocycles. The molecule has 3 rings (SSSR count). The molecular formula is C18H30N6O3S. The Kier molecular flexibility index (Phi) is 7.19. The molecule has 1 aromatic heterocycles. The molecular weight excluding hydrogens is 380 g/mol. The van der Waals surface area contributed by atoms with Gasteiger partial charge >= 0.3 is 0 Å². The van der Waals surface area contributed by atoms with Crippen LogP contribution in [0.1, 0.15) is 38.5 Å². The average molecular weight is 411 g/mol. The first-order valence-corrected chi connectivity index (χ1v) is 11.4. The fourth-order valence-electron chi connectivity index (χ4n) is 3.81. The molecule has 2 aliphatic rings. The van der Waals surface area contributed by atoms with Gasteiger partial charge in [-0.2, -0.15) is 17.0 Å². The lowest BCUT2D eigenvalue weighted by Gasteiger charge is -2.38. The fraction of sp³-hybridized carbons (Fsp3) is 0.722. The normalized spacial score (nSPS) is 19.7. The van der Waals surface area contributed by atoms with E-state index in [2.05, 4.69) is 15.3 Å². The molecule has 156 valence electrons. The lowest BCUT2D eigenvalue weighted by Crippen LogP contribution is -2.55. The van der Waals surface area contributed by atoms with Crippen LogP contribution >= 0.6 is 0 Å². The van der Waals surface area contributed by atoms with Gasteiger partial charge in [0.1, 0.15) is 0 Å². The SMILES string of the molecule is CN(C1CCCCC1)S(=O)(=O)N1CCN(C(=O)CCNc2ncccn2)CC1. The van der Waals surface area contributed by atoms with Crippen molar-refractivity contribution in [1.82, 2.24) is 23.5 Å². The number of piperazine rings is 1. The Balaban J connectivity index is 1.44. The summed E-state index contributed by atoms with van der Waals surface area (Å²) in [5.41, 5.74) is 0. The second-order valence-corrected chi connectivity index (χ2v) is 9.33. The minimum absolute atomic E-state index is 0.0149. The fourth-order valence-corrected chi connectivity index (χ4v) is 5.39. The Labute approximate surface area is 167 Å². The number of carbonyl (C=O) groups is 1. The predicted molar refractivity (Wildman–Crippen MR) is 107 cm³/mol. The van der Waals surface area contributed by atoms with E-state index in [1.807, 2.05) is 0 Å². The summed E-state index contributed by atoms with van der Waals surface area (Å²) in [6.07, 6.45) is 8.86. The van der Waals surface area contributed by atoms with Gasteiger partial charge in [-0.25, -0.2) is 9.97 Å². The van der Waals surface area contributed by atoms with E-state index in [1.165, 1.54) is 10.7 Å². The number of rotatable bonds is 7. The average Bonchev–Trinajstić information content (AvgIpc) is 2.74. The van der Waals surface area contributed by atoms with Crippen molar-refractivity contribution in [2.45, 2.75) is 44.6 Å². The van der Waals surface area contributed by atoms with Crippen molar-refractivity contribution >= 4 is 22.1 Å². The number of amides is 1. The maximum Gasteiger partial charge on any atom is 0.282 e. The number of anilines is 1. The molecule has 0 bridgehead atoms. The molecule has 2 heterocycles. The van der Waals surface area contributed by atoms with Gasteiger partial charge in [-0.3, -0.25) is 4.79 Å². The standard InChI is InChI=1S/C18H30N6O3S/c1-22(16-6-3-2-4-7-16)28(26,27)24-14-12-23(13-15-24)17(25)8-11-21-18-19-9-5-10-20-18/h5,9-10,16H,2-4,6-8,11-15H2,1H3,(H,19,20,21). The summed E-state index contributed by atoms with van der Waals surface area (Å²) >= 11 is 0. The highest BCUT2D eigenvalue weighted by atomic mass is 32.2. The largest absolute Gasteiger partial charge is 0.354 e. The van der Waals surface area contributed by atoms with Crippen LogP contribution in [0.25, 0.3) is 0 Å². The van der Waals surface area contributed by atoms with E-state index < -0.39 is 10.2 Å². The third-order valence-electron chi connectivity index (χ3n) is 5.56. The third-order valence-corrected chi connectivity index (χ3v) is 7.60. The molecule has 2 fully saturated rings. The number of hydrogen-bond donors (Lipinski definition) is 1. The number of nitrogens with zero attached hydrogens (tertiary/aromatic N) is 5. The summed E-state index contributed by atoms with van der Waals surface area (Å²) in [6, 6.07) is 1.83. The number of hydrogen-bond acceptors (Lipinski definition) is 6. The van der Waals surface area contributed by atoms with Crippen LogP contribution in [0.5, 0.6) is 0 Å². The van der Waals surface area contributed by atoms with Gasteiger partial charge in [0.2, 0.25) is 11.9 Å². The Morgan fingerprint density at radius 3 is 2.43 bits per heavy atom. The molecule has 0 aromatic carbocycles. The van der Waals surface area contributed by atoms with Crippen molar-refractivity contribution in [3.8, 4) is 0 Å². The smallest absolute Gasteiger partial charge is 0.282 e. The minimum Gasteiger partial charge on any atom is -0.354 e. The molecule has 0 spiro atoms. The Morgan fingerprint density at radius 1 is 1.14 bits per heavy atom. The lowest BCUT2D eigenvalue weighted by atomic mass is 9.96. The molecule has 28 heavy (non-hydrogen) atoms. The Morgan fingerprint density at radius 2 is 1.79 bits per heavy atom. The molecule has 1 amide bonds. The van der Waals surface area contributed by atoms with Crippen LogP contribution in [0.3, 0.4) is 0 Å². The molecule has 1 aliphatic carbocycles. The van der Waals surface area contributed by atoms with Crippen LogP contribution in [0.4, 0.5) is 5.95 Å². The maximum atomic E-state index is 12.9. The quantitative estimate of drug-likeness (QED) is 0.718. The maximum absolute atomic E-state index is 12.9. The van der Waals surface area contributed by atoms with Gasteiger partial charge in [-0.05, 0) is 18.9 Å². The first-order valence-electron chi connectivity index (χ1n) is 10.0. The summed E-state index contributed by atoms with van der Waals surface area (Å²) in [6.45, 7) is 2.00. The van der Waals surface area contributed by atoms with E-state index >= 15 is 0 Å². The van der Waals surface area contributed by atoms with E-state index in [0.717, 1.165) is 25.7 Å². The van der Waals surface area contributed by atoms with Gasteiger partial charge in [0.25, 0.3) is 10.2 Å².